The molecule has 0 saturated carbocycles. The Hall–Kier alpha value is -2.87. The van der Waals surface area contributed by atoms with Crippen molar-refractivity contribution in [1.82, 2.24) is 9.55 Å². The van der Waals surface area contributed by atoms with Crippen LogP contribution in [0.3, 0.4) is 0 Å². The normalized spacial score (nSPS) is 10.6. The fourth-order valence-corrected chi connectivity index (χ4v) is 2.73. The van der Waals surface area contributed by atoms with Gasteiger partial charge in [0.15, 0.2) is 0 Å². The van der Waals surface area contributed by atoms with E-state index in [0.717, 1.165) is 27.6 Å². The molecule has 1 amide bonds. The molecule has 1 N–H and O–H groups in total. The highest BCUT2D eigenvalue weighted by Crippen LogP contribution is 2.20. The second-order valence-electron chi connectivity index (χ2n) is 4.89. The minimum Gasteiger partial charge on any atom is -0.322 e. The zero-order chi connectivity index (χ0) is 17.1. The molecular formula is C16H11F2N3O2S. The summed E-state index contributed by atoms with van der Waals surface area (Å²) in [7, 11) is 0. The molecule has 0 unspecified atom stereocenters. The van der Waals surface area contributed by atoms with E-state index in [9.17, 15) is 18.4 Å². The lowest BCUT2D eigenvalue weighted by Gasteiger charge is -2.08. The number of amides is 1. The first-order valence-corrected chi connectivity index (χ1v) is 7.76. The highest BCUT2D eigenvalue weighted by atomic mass is 32.1. The van der Waals surface area contributed by atoms with Gasteiger partial charge in [-0.2, -0.15) is 0 Å². The van der Waals surface area contributed by atoms with Crippen LogP contribution in [-0.2, 0) is 11.3 Å². The number of aromatic nitrogens is 2. The number of carbonyl (C=O) groups is 1. The lowest BCUT2D eigenvalue weighted by atomic mass is 10.3. The molecular weight excluding hydrogens is 336 g/mol. The van der Waals surface area contributed by atoms with Crippen LogP contribution in [0.15, 0.2) is 52.9 Å². The van der Waals surface area contributed by atoms with Gasteiger partial charge in [0.1, 0.15) is 18.2 Å². The molecule has 0 bridgehead atoms. The Morgan fingerprint density at radius 3 is 2.79 bits per heavy atom. The summed E-state index contributed by atoms with van der Waals surface area (Å²) in [6.45, 7) is -0.355. The van der Waals surface area contributed by atoms with Crippen LogP contribution in [0.2, 0.25) is 0 Å². The summed E-state index contributed by atoms with van der Waals surface area (Å²) in [6.07, 6.45) is 1.25. The maximum Gasteiger partial charge on any atom is 0.254 e. The molecule has 0 fully saturated rings. The zero-order valence-corrected chi connectivity index (χ0v) is 13.0. The van der Waals surface area contributed by atoms with Gasteiger partial charge < -0.3 is 5.32 Å². The van der Waals surface area contributed by atoms with E-state index in [0.29, 0.717) is 5.69 Å². The van der Waals surface area contributed by atoms with Crippen LogP contribution in [0.25, 0.3) is 10.6 Å². The van der Waals surface area contributed by atoms with Gasteiger partial charge in [-0.15, -0.1) is 11.3 Å². The van der Waals surface area contributed by atoms with Crippen molar-refractivity contribution >= 4 is 22.9 Å². The van der Waals surface area contributed by atoms with Crippen LogP contribution in [-0.4, -0.2) is 15.5 Å². The van der Waals surface area contributed by atoms with Crippen molar-refractivity contribution in [2.75, 3.05) is 5.32 Å². The number of hydrogen-bond acceptors (Lipinski definition) is 4. The number of nitrogens with one attached hydrogen (secondary N) is 1. The molecule has 24 heavy (non-hydrogen) atoms. The second kappa shape index (κ2) is 6.71. The van der Waals surface area contributed by atoms with Crippen molar-refractivity contribution in [3.8, 4) is 10.6 Å². The average Bonchev–Trinajstić information content (AvgIpc) is 3.07. The minimum absolute atomic E-state index is 0.281. The fourth-order valence-electron chi connectivity index (χ4n) is 2.04. The van der Waals surface area contributed by atoms with Gasteiger partial charge in [-0.1, -0.05) is 6.07 Å². The molecule has 3 aromatic rings. The van der Waals surface area contributed by atoms with Crippen molar-refractivity contribution in [1.29, 1.82) is 0 Å². The third kappa shape index (κ3) is 3.54. The quantitative estimate of drug-likeness (QED) is 0.789. The average molecular weight is 347 g/mol. The van der Waals surface area contributed by atoms with E-state index >= 15 is 0 Å². The summed E-state index contributed by atoms with van der Waals surface area (Å²) in [5, 5.41) is 4.09. The molecule has 5 nitrogen and oxygen atoms in total. The topological polar surface area (TPSA) is 64.0 Å². The summed E-state index contributed by atoms with van der Waals surface area (Å²) in [6, 6.07) is 7.72. The molecule has 3 rings (SSSR count). The molecule has 2 aromatic heterocycles. The predicted octanol–water partition coefficient (Wildman–Crippen LogP) is 2.89. The van der Waals surface area contributed by atoms with Crippen LogP contribution in [0, 0.1) is 11.6 Å². The number of anilines is 1. The molecule has 0 saturated heterocycles. The van der Waals surface area contributed by atoms with E-state index in [2.05, 4.69) is 10.3 Å². The van der Waals surface area contributed by atoms with Crippen LogP contribution in [0.4, 0.5) is 14.5 Å². The number of thiophene rings is 1. The highest BCUT2D eigenvalue weighted by Gasteiger charge is 2.11. The monoisotopic (exact) mass is 347 g/mol. The maximum atomic E-state index is 13.5. The highest BCUT2D eigenvalue weighted by molar-refractivity contribution is 7.13. The maximum absolute atomic E-state index is 13.5. The number of rotatable bonds is 4. The SMILES string of the molecule is O=C(Cn1cnc(-c2cccs2)cc1=O)Nc1cc(F)ccc1F. The number of benzene rings is 1. The van der Waals surface area contributed by atoms with Crippen molar-refractivity contribution in [3.63, 3.8) is 0 Å². The van der Waals surface area contributed by atoms with Crippen molar-refractivity contribution in [3.05, 3.63) is 70.1 Å². The summed E-state index contributed by atoms with van der Waals surface area (Å²) in [5.74, 6) is -2.10. The molecule has 0 atom stereocenters. The Kier molecular flexibility index (Phi) is 4.48. The standard InChI is InChI=1S/C16H11F2N3O2S/c17-10-3-4-11(18)12(6-10)20-15(22)8-21-9-19-13(7-16(21)23)14-2-1-5-24-14/h1-7,9H,8H2,(H,20,22). The predicted molar refractivity (Wildman–Crippen MR) is 86.8 cm³/mol. The number of halogens is 2. The Morgan fingerprint density at radius 2 is 2.08 bits per heavy atom. The summed E-state index contributed by atoms with van der Waals surface area (Å²) >= 11 is 1.44. The molecule has 0 aliphatic heterocycles. The minimum atomic E-state index is -0.761. The van der Waals surface area contributed by atoms with Gasteiger partial charge in [-0.05, 0) is 23.6 Å². The first-order chi connectivity index (χ1) is 11.5. The molecule has 122 valence electrons. The second-order valence-corrected chi connectivity index (χ2v) is 5.84. The van der Waals surface area contributed by atoms with Crippen LogP contribution in [0.5, 0.6) is 0 Å². The lowest BCUT2D eigenvalue weighted by Crippen LogP contribution is -2.27. The van der Waals surface area contributed by atoms with Gasteiger partial charge in [-0.3, -0.25) is 14.2 Å². The smallest absolute Gasteiger partial charge is 0.254 e. The number of nitrogens with zero attached hydrogens (tertiary/aromatic N) is 2. The van der Waals surface area contributed by atoms with E-state index in [4.69, 9.17) is 0 Å². The molecule has 0 aliphatic rings. The Balaban J connectivity index is 1.75. The van der Waals surface area contributed by atoms with Crippen LogP contribution >= 0.6 is 11.3 Å². The van der Waals surface area contributed by atoms with Gasteiger partial charge in [0.25, 0.3) is 5.56 Å². The molecule has 0 spiro atoms. The summed E-state index contributed by atoms with van der Waals surface area (Å²) < 4.78 is 27.7. The zero-order valence-electron chi connectivity index (χ0n) is 12.2. The Morgan fingerprint density at radius 1 is 1.25 bits per heavy atom. The summed E-state index contributed by atoms with van der Waals surface area (Å²) in [5.41, 5.74) is -0.178. The van der Waals surface area contributed by atoms with E-state index < -0.39 is 23.1 Å². The Labute approximate surface area is 139 Å². The van der Waals surface area contributed by atoms with Crippen molar-refractivity contribution in [2.24, 2.45) is 0 Å². The van der Waals surface area contributed by atoms with Gasteiger partial charge in [0, 0.05) is 12.1 Å². The molecule has 0 aliphatic carbocycles. The van der Waals surface area contributed by atoms with E-state index in [-0.39, 0.29) is 12.2 Å². The molecule has 0 radical (unpaired) electrons. The number of carbonyl (C=O) groups excluding carboxylic acids is 1. The number of hydrogen-bond donors (Lipinski definition) is 1. The first kappa shape index (κ1) is 16.0. The largest absolute Gasteiger partial charge is 0.322 e. The lowest BCUT2D eigenvalue weighted by molar-refractivity contribution is -0.116. The van der Waals surface area contributed by atoms with Gasteiger partial charge >= 0.3 is 0 Å². The third-order valence-corrected chi connectivity index (χ3v) is 4.06. The molecule has 1 aromatic carbocycles. The third-order valence-electron chi connectivity index (χ3n) is 3.17. The van der Waals surface area contributed by atoms with E-state index in [1.54, 1.807) is 0 Å². The van der Waals surface area contributed by atoms with Gasteiger partial charge in [-0.25, -0.2) is 13.8 Å². The molecule has 2 heterocycles. The van der Waals surface area contributed by atoms with E-state index in [1.807, 2.05) is 17.5 Å². The van der Waals surface area contributed by atoms with Crippen LogP contribution in [0.1, 0.15) is 0 Å². The first-order valence-electron chi connectivity index (χ1n) is 6.88. The van der Waals surface area contributed by atoms with Gasteiger partial charge in [0.05, 0.1) is 22.6 Å². The Bertz CT molecular complexity index is 939. The van der Waals surface area contributed by atoms with Crippen molar-refractivity contribution < 1.29 is 13.6 Å². The van der Waals surface area contributed by atoms with Crippen molar-refractivity contribution in [2.45, 2.75) is 6.54 Å². The summed E-state index contributed by atoms with van der Waals surface area (Å²) in [4.78, 5) is 29.0. The van der Waals surface area contributed by atoms with Gasteiger partial charge in [0.2, 0.25) is 5.91 Å². The fraction of sp³-hybridized carbons (Fsp3) is 0.0625. The molecule has 8 heteroatoms. The van der Waals surface area contributed by atoms with Crippen LogP contribution < -0.4 is 10.9 Å². The van der Waals surface area contributed by atoms with E-state index in [1.165, 1.54) is 23.7 Å².